The van der Waals surface area contributed by atoms with Gasteiger partial charge in [-0.25, -0.2) is 4.98 Å². The lowest BCUT2D eigenvalue weighted by molar-refractivity contribution is 0.410. The quantitative estimate of drug-likeness (QED) is 0.898. The van der Waals surface area contributed by atoms with Gasteiger partial charge in [0.1, 0.15) is 0 Å². The highest BCUT2D eigenvalue weighted by Crippen LogP contribution is 2.29. The number of aromatic nitrogens is 1. The molecule has 2 N–H and O–H groups in total. The van der Waals surface area contributed by atoms with Gasteiger partial charge in [-0.3, -0.25) is 0 Å². The molecular formula is C15H26N2S. The van der Waals surface area contributed by atoms with Crippen molar-refractivity contribution in [3.63, 3.8) is 0 Å². The fourth-order valence-electron chi connectivity index (χ4n) is 2.68. The lowest BCUT2D eigenvalue weighted by atomic mass is 9.93. The average molecular weight is 266 g/mol. The van der Waals surface area contributed by atoms with Crippen molar-refractivity contribution >= 4 is 11.3 Å². The molecule has 1 fully saturated rings. The Morgan fingerprint density at radius 1 is 1.39 bits per heavy atom. The zero-order valence-corrected chi connectivity index (χ0v) is 12.7. The first-order valence-electron chi connectivity index (χ1n) is 7.17. The topological polar surface area (TPSA) is 38.9 Å². The third kappa shape index (κ3) is 3.55. The zero-order valence-electron chi connectivity index (χ0n) is 11.9. The van der Waals surface area contributed by atoms with Gasteiger partial charge in [0.15, 0.2) is 0 Å². The zero-order chi connectivity index (χ0) is 13.2. The van der Waals surface area contributed by atoms with Crippen molar-refractivity contribution in [2.75, 3.05) is 0 Å². The van der Waals surface area contributed by atoms with Gasteiger partial charge >= 0.3 is 0 Å². The summed E-state index contributed by atoms with van der Waals surface area (Å²) in [5.74, 6) is 0.770. The van der Waals surface area contributed by atoms with E-state index in [1.807, 2.05) is 0 Å². The third-order valence-corrected chi connectivity index (χ3v) is 4.93. The molecule has 0 amide bonds. The van der Waals surface area contributed by atoms with Gasteiger partial charge in [-0.15, -0.1) is 11.3 Å². The molecule has 18 heavy (non-hydrogen) atoms. The predicted octanol–water partition coefficient (Wildman–Crippen LogP) is 3.89. The SMILES string of the molecule is CC(C)(C)c1csc(CCC(N)C2CCCC2)n1. The van der Waals surface area contributed by atoms with E-state index >= 15 is 0 Å². The Morgan fingerprint density at radius 2 is 2.06 bits per heavy atom. The number of nitrogens with two attached hydrogens (primary N) is 1. The highest BCUT2D eigenvalue weighted by Gasteiger charge is 2.22. The number of hydrogen-bond donors (Lipinski definition) is 1. The minimum atomic E-state index is 0.169. The molecule has 1 aromatic rings. The first kappa shape index (κ1) is 14.0. The molecule has 1 atom stereocenters. The summed E-state index contributed by atoms with van der Waals surface area (Å²) >= 11 is 1.79. The van der Waals surface area contributed by atoms with Crippen molar-refractivity contribution in [1.29, 1.82) is 0 Å². The maximum Gasteiger partial charge on any atom is 0.0929 e. The van der Waals surface area contributed by atoms with Crippen LogP contribution in [-0.4, -0.2) is 11.0 Å². The molecule has 1 aliphatic rings. The van der Waals surface area contributed by atoms with E-state index in [1.54, 1.807) is 11.3 Å². The van der Waals surface area contributed by atoms with Crippen LogP contribution in [0.5, 0.6) is 0 Å². The molecule has 0 spiro atoms. The second-order valence-corrected chi connectivity index (χ2v) is 7.57. The lowest BCUT2D eigenvalue weighted by Gasteiger charge is -2.18. The van der Waals surface area contributed by atoms with Crippen LogP contribution in [0.2, 0.25) is 0 Å². The second-order valence-electron chi connectivity index (χ2n) is 6.62. The van der Waals surface area contributed by atoms with Crippen molar-refractivity contribution in [3.05, 3.63) is 16.1 Å². The van der Waals surface area contributed by atoms with Gasteiger partial charge in [0.05, 0.1) is 10.7 Å². The van der Waals surface area contributed by atoms with Crippen LogP contribution in [0, 0.1) is 5.92 Å². The minimum absolute atomic E-state index is 0.169. The predicted molar refractivity (Wildman–Crippen MR) is 79.1 cm³/mol. The van der Waals surface area contributed by atoms with E-state index in [2.05, 4.69) is 26.2 Å². The first-order valence-corrected chi connectivity index (χ1v) is 8.05. The average Bonchev–Trinajstić information content (AvgIpc) is 2.96. The van der Waals surface area contributed by atoms with Crippen LogP contribution in [0.4, 0.5) is 0 Å². The smallest absolute Gasteiger partial charge is 0.0929 e. The molecule has 3 heteroatoms. The number of rotatable bonds is 4. The Labute approximate surface area is 115 Å². The Bertz CT molecular complexity index is 372. The van der Waals surface area contributed by atoms with Gasteiger partial charge in [-0.05, 0) is 25.2 Å². The standard InChI is InChI=1S/C15H26N2S/c1-15(2,3)13-10-18-14(17-13)9-8-12(16)11-6-4-5-7-11/h10-12H,4-9,16H2,1-3H3. The number of thiazole rings is 1. The van der Waals surface area contributed by atoms with Crippen LogP contribution in [0.3, 0.4) is 0 Å². The van der Waals surface area contributed by atoms with Crippen LogP contribution < -0.4 is 5.73 Å². The van der Waals surface area contributed by atoms with Crippen LogP contribution in [-0.2, 0) is 11.8 Å². The van der Waals surface area contributed by atoms with Gasteiger partial charge in [0.25, 0.3) is 0 Å². The van der Waals surface area contributed by atoms with Crippen molar-refractivity contribution in [3.8, 4) is 0 Å². The van der Waals surface area contributed by atoms with Crippen molar-refractivity contribution < 1.29 is 0 Å². The fraction of sp³-hybridized carbons (Fsp3) is 0.800. The Hall–Kier alpha value is -0.410. The highest BCUT2D eigenvalue weighted by atomic mass is 32.1. The summed E-state index contributed by atoms with van der Waals surface area (Å²) in [6.45, 7) is 6.66. The maximum absolute atomic E-state index is 6.30. The highest BCUT2D eigenvalue weighted by molar-refractivity contribution is 7.09. The summed E-state index contributed by atoms with van der Waals surface area (Å²) in [6, 6.07) is 0.384. The van der Waals surface area contributed by atoms with Gasteiger partial charge in [-0.2, -0.15) is 0 Å². The molecule has 0 aromatic carbocycles. The van der Waals surface area contributed by atoms with Crippen LogP contribution in [0.15, 0.2) is 5.38 Å². The third-order valence-electron chi connectivity index (χ3n) is 4.02. The molecule has 0 saturated heterocycles. The summed E-state index contributed by atoms with van der Waals surface area (Å²) in [6.07, 6.45) is 7.59. The molecule has 102 valence electrons. The molecule has 1 saturated carbocycles. The van der Waals surface area contributed by atoms with Gasteiger partial charge in [0.2, 0.25) is 0 Å². The van der Waals surface area contributed by atoms with E-state index in [9.17, 15) is 0 Å². The van der Waals surface area contributed by atoms with E-state index in [-0.39, 0.29) is 5.41 Å². The molecule has 1 aromatic heterocycles. The second kappa shape index (κ2) is 5.70. The Balaban J connectivity index is 1.84. The van der Waals surface area contributed by atoms with Crippen LogP contribution >= 0.6 is 11.3 Å². The van der Waals surface area contributed by atoms with Crippen molar-refractivity contribution in [1.82, 2.24) is 4.98 Å². The Morgan fingerprint density at radius 3 is 2.61 bits per heavy atom. The van der Waals surface area contributed by atoms with Gasteiger partial charge in [0, 0.05) is 23.3 Å². The molecule has 0 bridgehead atoms. The summed E-state index contributed by atoms with van der Waals surface area (Å²) < 4.78 is 0. The molecule has 2 rings (SSSR count). The molecule has 0 radical (unpaired) electrons. The monoisotopic (exact) mass is 266 g/mol. The number of nitrogens with zero attached hydrogens (tertiary/aromatic N) is 1. The molecule has 0 aliphatic heterocycles. The minimum Gasteiger partial charge on any atom is -0.327 e. The van der Waals surface area contributed by atoms with Gasteiger partial charge < -0.3 is 5.73 Å². The van der Waals surface area contributed by atoms with Crippen molar-refractivity contribution in [2.45, 2.75) is 70.8 Å². The lowest BCUT2D eigenvalue weighted by Crippen LogP contribution is -2.28. The maximum atomic E-state index is 6.30. The molecule has 1 heterocycles. The summed E-state index contributed by atoms with van der Waals surface area (Å²) in [5.41, 5.74) is 7.68. The van der Waals surface area contributed by atoms with E-state index in [0.717, 1.165) is 18.8 Å². The fourth-order valence-corrected chi connectivity index (χ4v) is 3.72. The van der Waals surface area contributed by atoms with Crippen LogP contribution in [0.1, 0.15) is 63.6 Å². The normalized spacial score (nSPS) is 19.3. The van der Waals surface area contributed by atoms with Crippen molar-refractivity contribution in [2.24, 2.45) is 11.7 Å². The molecule has 1 aliphatic carbocycles. The Kier molecular flexibility index (Phi) is 4.44. The number of hydrogen-bond acceptors (Lipinski definition) is 3. The number of aryl methyl sites for hydroxylation is 1. The first-order chi connectivity index (χ1) is 8.47. The molecule has 2 nitrogen and oxygen atoms in total. The van der Waals surface area contributed by atoms with E-state index < -0.39 is 0 Å². The largest absolute Gasteiger partial charge is 0.327 e. The molecule has 1 unspecified atom stereocenters. The van der Waals surface area contributed by atoms with E-state index in [4.69, 9.17) is 10.7 Å². The van der Waals surface area contributed by atoms with E-state index in [1.165, 1.54) is 36.4 Å². The molecular weight excluding hydrogens is 240 g/mol. The van der Waals surface area contributed by atoms with Gasteiger partial charge in [-0.1, -0.05) is 33.6 Å². The van der Waals surface area contributed by atoms with E-state index in [0.29, 0.717) is 6.04 Å². The summed E-state index contributed by atoms with van der Waals surface area (Å²) in [4.78, 5) is 4.74. The summed E-state index contributed by atoms with van der Waals surface area (Å²) in [5, 5.41) is 3.46. The van der Waals surface area contributed by atoms with Crippen LogP contribution in [0.25, 0.3) is 0 Å². The summed E-state index contributed by atoms with van der Waals surface area (Å²) in [7, 11) is 0.